The molecule has 4 nitrogen and oxygen atoms in total. The number of rotatable bonds is 6. The number of aromatic nitrogens is 3. The van der Waals surface area contributed by atoms with E-state index in [1.54, 1.807) is 0 Å². The van der Waals surface area contributed by atoms with Gasteiger partial charge >= 0.3 is 0 Å². The average molecular weight is 307 g/mol. The molecule has 1 atom stereocenters. The quantitative estimate of drug-likeness (QED) is 0.890. The van der Waals surface area contributed by atoms with Crippen molar-refractivity contribution in [3.63, 3.8) is 0 Å². The maximum atomic E-state index is 6.51. The molecule has 1 unspecified atom stereocenters. The Balaban J connectivity index is 2.35. The number of aryl methyl sites for hydroxylation is 3. The smallest absolute Gasteiger partial charge is 0.0850 e. The highest BCUT2D eigenvalue weighted by molar-refractivity contribution is 6.31. The zero-order valence-electron chi connectivity index (χ0n) is 13.2. The number of nitrogens with zero attached hydrogens (tertiary/aromatic N) is 3. The normalized spacial score (nSPS) is 12.6. The van der Waals surface area contributed by atoms with Gasteiger partial charge in [0.05, 0.1) is 28.1 Å². The zero-order valence-corrected chi connectivity index (χ0v) is 13.9. The minimum absolute atomic E-state index is 0.135. The predicted octanol–water partition coefficient (Wildman–Crippen LogP) is 3.33. The van der Waals surface area contributed by atoms with Gasteiger partial charge in [0.25, 0.3) is 0 Å². The van der Waals surface area contributed by atoms with Crippen molar-refractivity contribution in [2.45, 2.75) is 46.2 Å². The van der Waals surface area contributed by atoms with E-state index in [0.717, 1.165) is 41.5 Å². The first kappa shape index (κ1) is 16.0. The fourth-order valence-corrected chi connectivity index (χ4v) is 2.95. The minimum Gasteiger partial charge on any atom is -0.311 e. The van der Waals surface area contributed by atoms with Crippen molar-refractivity contribution >= 4 is 11.6 Å². The Morgan fingerprint density at radius 1 is 1.38 bits per heavy atom. The topological polar surface area (TPSA) is 42.7 Å². The minimum atomic E-state index is 0.135. The number of likely N-dealkylation sites (N-methyl/N-ethyl adjacent to an activating group) is 1. The molecule has 2 aromatic heterocycles. The van der Waals surface area contributed by atoms with Crippen LogP contribution in [0.2, 0.25) is 5.02 Å². The van der Waals surface area contributed by atoms with Gasteiger partial charge in [0.2, 0.25) is 0 Å². The van der Waals surface area contributed by atoms with Gasteiger partial charge in [-0.15, -0.1) is 0 Å². The Morgan fingerprint density at radius 2 is 2.14 bits per heavy atom. The van der Waals surface area contributed by atoms with Gasteiger partial charge in [0.15, 0.2) is 0 Å². The molecular formula is C16H23ClN4. The summed E-state index contributed by atoms with van der Waals surface area (Å²) in [7, 11) is 1.96. The second kappa shape index (κ2) is 7.05. The lowest BCUT2D eigenvalue weighted by Crippen LogP contribution is -2.22. The summed E-state index contributed by atoms with van der Waals surface area (Å²) in [6.07, 6.45) is 3.47. The van der Waals surface area contributed by atoms with E-state index >= 15 is 0 Å². The van der Waals surface area contributed by atoms with Crippen LogP contribution in [-0.4, -0.2) is 21.8 Å². The summed E-state index contributed by atoms with van der Waals surface area (Å²) in [5, 5.41) is 8.74. The highest BCUT2D eigenvalue weighted by Crippen LogP contribution is 2.27. The van der Waals surface area contributed by atoms with E-state index in [4.69, 9.17) is 11.6 Å². The maximum absolute atomic E-state index is 6.51. The van der Waals surface area contributed by atoms with Gasteiger partial charge in [-0.3, -0.25) is 9.67 Å². The summed E-state index contributed by atoms with van der Waals surface area (Å²) >= 11 is 6.51. The molecule has 2 heterocycles. The van der Waals surface area contributed by atoms with Crippen LogP contribution in [-0.2, 0) is 19.4 Å². The summed E-state index contributed by atoms with van der Waals surface area (Å²) in [5.41, 5.74) is 4.31. The largest absolute Gasteiger partial charge is 0.311 e. The van der Waals surface area contributed by atoms with Crippen molar-refractivity contribution in [3.8, 4) is 0 Å². The van der Waals surface area contributed by atoms with Crippen LogP contribution >= 0.6 is 11.6 Å². The standard InChI is InChI=1S/C16H23ClN4/c1-5-12-15(17)14(21(6-2)20-12)10-13(18-4)16-11(3)8-7-9-19-16/h7-9,13,18H,5-6,10H2,1-4H3. The fourth-order valence-electron chi connectivity index (χ4n) is 2.60. The lowest BCUT2D eigenvalue weighted by Gasteiger charge is -2.18. The van der Waals surface area contributed by atoms with Crippen LogP contribution in [0.25, 0.3) is 0 Å². The Morgan fingerprint density at radius 3 is 2.71 bits per heavy atom. The Bertz CT molecular complexity index is 606. The maximum Gasteiger partial charge on any atom is 0.0850 e. The summed E-state index contributed by atoms with van der Waals surface area (Å²) < 4.78 is 2.00. The molecule has 5 heteroatoms. The van der Waals surface area contributed by atoms with Gasteiger partial charge in [-0.2, -0.15) is 5.10 Å². The van der Waals surface area contributed by atoms with Crippen LogP contribution in [0.1, 0.15) is 42.5 Å². The molecule has 0 aliphatic rings. The van der Waals surface area contributed by atoms with Crippen LogP contribution in [0.3, 0.4) is 0 Å². The molecule has 114 valence electrons. The number of nitrogens with one attached hydrogen (secondary N) is 1. The van der Waals surface area contributed by atoms with Crippen molar-refractivity contribution < 1.29 is 0 Å². The number of hydrogen-bond acceptors (Lipinski definition) is 3. The predicted molar refractivity (Wildman–Crippen MR) is 86.8 cm³/mol. The van der Waals surface area contributed by atoms with Crippen molar-refractivity contribution in [2.75, 3.05) is 7.05 Å². The first-order valence-corrected chi connectivity index (χ1v) is 7.82. The fraction of sp³-hybridized carbons (Fsp3) is 0.500. The number of hydrogen-bond donors (Lipinski definition) is 1. The Kier molecular flexibility index (Phi) is 5.37. The van der Waals surface area contributed by atoms with Gasteiger partial charge < -0.3 is 5.32 Å². The Hall–Kier alpha value is -1.39. The van der Waals surface area contributed by atoms with Crippen LogP contribution in [0.15, 0.2) is 18.3 Å². The monoisotopic (exact) mass is 306 g/mol. The van der Waals surface area contributed by atoms with Gasteiger partial charge in [0.1, 0.15) is 0 Å². The second-order valence-electron chi connectivity index (χ2n) is 5.13. The molecule has 0 saturated heterocycles. The molecule has 21 heavy (non-hydrogen) atoms. The van der Waals surface area contributed by atoms with Crippen molar-refractivity contribution in [3.05, 3.63) is 46.0 Å². The lowest BCUT2D eigenvalue weighted by molar-refractivity contribution is 0.529. The van der Waals surface area contributed by atoms with Gasteiger partial charge in [-0.1, -0.05) is 24.6 Å². The number of pyridine rings is 1. The molecule has 0 saturated carbocycles. The third-order valence-corrected chi connectivity index (χ3v) is 4.26. The highest BCUT2D eigenvalue weighted by Gasteiger charge is 2.20. The SMILES string of the molecule is CCc1nn(CC)c(CC(NC)c2ncccc2C)c1Cl. The first-order valence-electron chi connectivity index (χ1n) is 7.45. The summed E-state index contributed by atoms with van der Waals surface area (Å²) in [4.78, 5) is 4.52. The first-order chi connectivity index (χ1) is 10.1. The van der Waals surface area contributed by atoms with Crippen LogP contribution in [0.4, 0.5) is 0 Å². The molecule has 2 aromatic rings. The van der Waals surface area contributed by atoms with E-state index in [0.29, 0.717) is 0 Å². The molecule has 1 N–H and O–H groups in total. The number of halogens is 1. The van der Waals surface area contributed by atoms with Crippen molar-refractivity contribution in [2.24, 2.45) is 0 Å². The second-order valence-corrected chi connectivity index (χ2v) is 5.51. The third kappa shape index (κ3) is 3.27. The van der Waals surface area contributed by atoms with E-state index in [1.807, 2.05) is 24.0 Å². The van der Waals surface area contributed by atoms with E-state index in [2.05, 4.69) is 42.2 Å². The molecule has 0 spiro atoms. The molecule has 0 amide bonds. The van der Waals surface area contributed by atoms with Crippen LogP contribution < -0.4 is 5.32 Å². The molecule has 0 bridgehead atoms. The van der Waals surface area contributed by atoms with E-state index in [-0.39, 0.29) is 6.04 Å². The Labute approximate surface area is 131 Å². The van der Waals surface area contributed by atoms with E-state index < -0.39 is 0 Å². The zero-order chi connectivity index (χ0) is 15.4. The van der Waals surface area contributed by atoms with E-state index in [9.17, 15) is 0 Å². The molecule has 2 rings (SSSR count). The molecule has 0 aromatic carbocycles. The van der Waals surface area contributed by atoms with Crippen molar-refractivity contribution in [1.82, 2.24) is 20.1 Å². The van der Waals surface area contributed by atoms with Gasteiger partial charge in [0, 0.05) is 19.2 Å². The van der Waals surface area contributed by atoms with Gasteiger partial charge in [-0.25, -0.2) is 0 Å². The van der Waals surface area contributed by atoms with E-state index in [1.165, 1.54) is 5.56 Å². The molecule has 0 aliphatic heterocycles. The molecule has 0 aliphatic carbocycles. The third-order valence-electron chi connectivity index (χ3n) is 3.82. The summed E-state index contributed by atoms with van der Waals surface area (Å²) in [6, 6.07) is 4.18. The summed E-state index contributed by atoms with van der Waals surface area (Å²) in [6.45, 7) is 7.08. The molecule has 0 fully saturated rings. The molecular weight excluding hydrogens is 284 g/mol. The van der Waals surface area contributed by atoms with Crippen LogP contribution in [0, 0.1) is 6.92 Å². The average Bonchev–Trinajstić information content (AvgIpc) is 2.81. The lowest BCUT2D eigenvalue weighted by atomic mass is 10.0. The van der Waals surface area contributed by atoms with Crippen molar-refractivity contribution in [1.29, 1.82) is 0 Å². The highest BCUT2D eigenvalue weighted by atomic mass is 35.5. The molecule has 0 radical (unpaired) electrons. The summed E-state index contributed by atoms with van der Waals surface area (Å²) in [5.74, 6) is 0. The van der Waals surface area contributed by atoms with Gasteiger partial charge in [-0.05, 0) is 38.9 Å². The van der Waals surface area contributed by atoms with Crippen LogP contribution in [0.5, 0.6) is 0 Å².